The molecule has 0 spiro atoms. The number of aliphatic imine (C=N–C) groups is 1. The van der Waals surface area contributed by atoms with Gasteiger partial charge in [-0.15, -0.1) is 0 Å². The number of nitrogens with zero attached hydrogens (tertiary/aromatic N) is 2. The van der Waals surface area contributed by atoms with Gasteiger partial charge in [0, 0.05) is 30.8 Å². The molecular formula is C14H22ClN3O. The summed E-state index contributed by atoms with van der Waals surface area (Å²) in [6.45, 7) is 6.25. The summed E-state index contributed by atoms with van der Waals surface area (Å²) in [6, 6.07) is 7.62. The minimum Gasteiger partial charge on any atom is -0.375 e. The van der Waals surface area contributed by atoms with E-state index < -0.39 is 0 Å². The van der Waals surface area contributed by atoms with E-state index in [9.17, 15) is 0 Å². The van der Waals surface area contributed by atoms with Crippen molar-refractivity contribution in [3.05, 3.63) is 34.9 Å². The molecule has 0 bridgehead atoms. The van der Waals surface area contributed by atoms with Crippen molar-refractivity contribution in [1.82, 2.24) is 4.90 Å². The average Bonchev–Trinajstić information content (AvgIpc) is 2.42. The number of hydrogen-bond acceptors (Lipinski definition) is 2. The maximum atomic E-state index is 6.16. The molecule has 19 heavy (non-hydrogen) atoms. The molecule has 0 aliphatic carbocycles. The van der Waals surface area contributed by atoms with Crippen molar-refractivity contribution < 1.29 is 4.74 Å². The van der Waals surface area contributed by atoms with Gasteiger partial charge in [-0.1, -0.05) is 29.8 Å². The van der Waals surface area contributed by atoms with Crippen LogP contribution in [0.1, 0.15) is 25.5 Å². The number of methoxy groups -OCH3 is 1. The first kappa shape index (κ1) is 15.8. The minimum absolute atomic E-state index is 0.178. The van der Waals surface area contributed by atoms with Crippen LogP contribution in [0.5, 0.6) is 0 Å². The van der Waals surface area contributed by atoms with Crippen molar-refractivity contribution in [2.75, 3.05) is 26.7 Å². The normalized spacial score (nSPS) is 13.4. The molecule has 1 rings (SSSR count). The van der Waals surface area contributed by atoms with Gasteiger partial charge in [0.2, 0.25) is 0 Å². The van der Waals surface area contributed by atoms with Gasteiger partial charge < -0.3 is 15.4 Å². The van der Waals surface area contributed by atoms with Crippen molar-refractivity contribution in [2.24, 2.45) is 10.7 Å². The number of guanidine groups is 1. The van der Waals surface area contributed by atoms with Crippen molar-refractivity contribution in [3.63, 3.8) is 0 Å². The predicted molar refractivity (Wildman–Crippen MR) is 80.6 cm³/mol. The number of benzene rings is 1. The molecule has 1 unspecified atom stereocenters. The highest BCUT2D eigenvalue weighted by Crippen LogP contribution is 2.25. The van der Waals surface area contributed by atoms with E-state index in [4.69, 9.17) is 22.1 Å². The maximum absolute atomic E-state index is 6.16. The van der Waals surface area contributed by atoms with Gasteiger partial charge in [-0.2, -0.15) is 0 Å². The van der Waals surface area contributed by atoms with Crippen LogP contribution < -0.4 is 5.73 Å². The molecule has 1 aromatic carbocycles. The fourth-order valence-corrected chi connectivity index (χ4v) is 2.12. The second kappa shape index (κ2) is 8.02. The molecule has 0 saturated carbocycles. The summed E-state index contributed by atoms with van der Waals surface area (Å²) < 4.78 is 5.45. The first-order chi connectivity index (χ1) is 9.13. The fraction of sp³-hybridized carbons (Fsp3) is 0.500. The summed E-state index contributed by atoms with van der Waals surface area (Å²) in [5.41, 5.74) is 6.88. The number of halogens is 1. The molecule has 4 nitrogen and oxygen atoms in total. The molecule has 0 heterocycles. The van der Waals surface area contributed by atoms with Crippen LogP contribution >= 0.6 is 11.6 Å². The van der Waals surface area contributed by atoms with Crippen molar-refractivity contribution >= 4 is 17.6 Å². The Morgan fingerprint density at radius 1 is 1.37 bits per heavy atom. The Morgan fingerprint density at radius 2 is 2.00 bits per heavy atom. The Bertz CT molecular complexity index is 419. The van der Waals surface area contributed by atoms with Crippen LogP contribution in [-0.4, -0.2) is 37.6 Å². The van der Waals surface area contributed by atoms with Gasteiger partial charge in [0.25, 0.3) is 0 Å². The average molecular weight is 284 g/mol. The highest BCUT2D eigenvalue weighted by Gasteiger charge is 2.13. The van der Waals surface area contributed by atoms with Crippen LogP contribution in [0.15, 0.2) is 29.3 Å². The molecule has 0 amide bonds. The lowest BCUT2D eigenvalue weighted by Gasteiger charge is -2.21. The molecule has 106 valence electrons. The van der Waals surface area contributed by atoms with Crippen LogP contribution in [0, 0.1) is 0 Å². The summed E-state index contributed by atoms with van der Waals surface area (Å²) in [7, 11) is 1.65. The largest absolute Gasteiger partial charge is 0.375 e. The Labute approximate surface area is 120 Å². The van der Waals surface area contributed by atoms with Gasteiger partial charge >= 0.3 is 0 Å². The van der Waals surface area contributed by atoms with Gasteiger partial charge in [-0.05, 0) is 19.9 Å². The van der Waals surface area contributed by atoms with Crippen molar-refractivity contribution in [1.29, 1.82) is 0 Å². The first-order valence-electron chi connectivity index (χ1n) is 6.46. The number of rotatable bonds is 6. The monoisotopic (exact) mass is 283 g/mol. The molecule has 0 radical (unpaired) electrons. The van der Waals surface area contributed by atoms with E-state index in [1.54, 1.807) is 7.11 Å². The lowest BCUT2D eigenvalue weighted by molar-refractivity contribution is 0.111. The minimum atomic E-state index is -0.178. The lowest BCUT2D eigenvalue weighted by Crippen LogP contribution is -2.37. The predicted octanol–water partition coefficient (Wildman–Crippen LogP) is 2.68. The zero-order valence-corrected chi connectivity index (χ0v) is 12.5. The van der Waals surface area contributed by atoms with E-state index >= 15 is 0 Å². The van der Waals surface area contributed by atoms with E-state index in [1.807, 2.05) is 43.0 Å². The Morgan fingerprint density at radius 3 is 2.53 bits per heavy atom. The smallest absolute Gasteiger partial charge is 0.191 e. The standard InChI is InChI=1S/C14H22ClN3O/c1-4-18(5-2)14(16)17-10-13(19-3)11-8-6-7-9-12(11)15/h6-9,13H,4-5,10H2,1-3H3,(H2,16,17). The first-order valence-corrected chi connectivity index (χ1v) is 6.83. The maximum Gasteiger partial charge on any atom is 0.191 e. The molecule has 1 aromatic rings. The number of hydrogen-bond donors (Lipinski definition) is 1. The molecule has 0 aliphatic rings. The fourth-order valence-electron chi connectivity index (χ4n) is 1.86. The van der Waals surface area contributed by atoms with Gasteiger partial charge in [0.05, 0.1) is 6.54 Å². The van der Waals surface area contributed by atoms with E-state index in [2.05, 4.69) is 4.99 Å². The van der Waals surface area contributed by atoms with Crippen LogP contribution in [0.2, 0.25) is 5.02 Å². The summed E-state index contributed by atoms with van der Waals surface area (Å²) in [5, 5.41) is 0.686. The Hall–Kier alpha value is -1.26. The second-order valence-electron chi connectivity index (χ2n) is 4.12. The molecule has 0 aromatic heterocycles. The van der Waals surface area contributed by atoms with E-state index in [0.717, 1.165) is 18.7 Å². The Balaban J connectivity index is 2.78. The zero-order chi connectivity index (χ0) is 14.3. The molecule has 0 saturated heterocycles. The van der Waals surface area contributed by atoms with Gasteiger partial charge in [-0.25, -0.2) is 0 Å². The zero-order valence-electron chi connectivity index (χ0n) is 11.8. The number of ether oxygens (including phenoxy) is 1. The van der Waals surface area contributed by atoms with Crippen LogP contribution in [0.4, 0.5) is 0 Å². The third kappa shape index (κ3) is 4.40. The van der Waals surface area contributed by atoms with Gasteiger partial charge in [0.1, 0.15) is 6.10 Å². The summed E-state index contributed by atoms with van der Waals surface area (Å²) in [5.74, 6) is 0.541. The van der Waals surface area contributed by atoms with E-state index in [-0.39, 0.29) is 6.10 Å². The molecule has 1 atom stereocenters. The lowest BCUT2D eigenvalue weighted by atomic mass is 10.1. The number of nitrogens with two attached hydrogens (primary N) is 1. The van der Waals surface area contributed by atoms with Gasteiger partial charge in [-0.3, -0.25) is 4.99 Å². The summed E-state index contributed by atoms with van der Waals surface area (Å²) in [6.07, 6.45) is -0.178. The third-order valence-electron chi connectivity index (χ3n) is 3.04. The van der Waals surface area contributed by atoms with E-state index in [1.165, 1.54) is 0 Å². The Kier molecular flexibility index (Phi) is 6.67. The highest BCUT2D eigenvalue weighted by atomic mass is 35.5. The third-order valence-corrected chi connectivity index (χ3v) is 3.39. The van der Waals surface area contributed by atoms with Gasteiger partial charge in [0.15, 0.2) is 5.96 Å². The highest BCUT2D eigenvalue weighted by molar-refractivity contribution is 6.31. The molecule has 2 N–H and O–H groups in total. The topological polar surface area (TPSA) is 50.8 Å². The molecule has 0 fully saturated rings. The molecule has 0 aliphatic heterocycles. The molecular weight excluding hydrogens is 262 g/mol. The van der Waals surface area contributed by atoms with Crippen LogP contribution in [-0.2, 0) is 4.74 Å². The van der Waals surface area contributed by atoms with Crippen molar-refractivity contribution in [3.8, 4) is 0 Å². The summed E-state index contributed by atoms with van der Waals surface area (Å²) in [4.78, 5) is 6.39. The van der Waals surface area contributed by atoms with Crippen LogP contribution in [0.25, 0.3) is 0 Å². The summed E-state index contributed by atoms with van der Waals surface area (Å²) >= 11 is 6.16. The quantitative estimate of drug-likeness (QED) is 0.645. The SMILES string of the molecule is CCN(CC)C(N)=NCC(OC)c1ccccc1Cl. The van der Waals surface area contributed by atoms with Crippen molar-refractivity contribution in [2.45, 2.75) is 20.0 Å². The molecule has 5 heteroatoms. The van der Waals surface area contributed by atoms with Crippen LogP contribution in [0.3, 0.4) is 0 Å². The second-order valence-corrected chi connectivity index (χ2v) is 4.52. The van der Waals surface area contributed by atoms with E-state index in [0.29, 0.717) is 17.5 Å².